The number of carbonyl (C=O) groups excluding carboxylic acids is 2. The average Bonchev–Trinajstić information content (AvgIpc) is 3.00. The molecule has 0 aliphatic carbocycles. The van der Waals surface area contributed by atoms with Gasteiger partial charge in [0.25, 0.3) is 0 Å². The lowest BCUT2D eigenvalue weighted by Gasteiger charge is -2.37. The maximum Gasteiger partial charge on any atom is 0.344 e. The van der Waals surface area contributed by atoms with Crippen molar-refractivity contribution < 1.29 is 23.8 Å². The minimum absolute atomic E-state index is 0.0597. The molecule has 2 aliphatic heterocycles. The first kappa shape index (κ1) is 20.9. The van der Waals surface area contributed by atoms with Crippen molar-refractivity contribution in [2.45, 2.75) is 32.0 Å². The number of fused-ring (bicyclic) bond motifs is 6. The van der Waals surface area contributed by atoms with Crippen molar-refractivity contribution >= 4 is 35.1 Å². The van der Waals surface area contributed by atoms with Gasteiger partial charge in [0.2, 0.25) is 0 Å². The zero-order valence-electron chi connectivity index (χ0n) is 17.5. The van der Waals surface area contributed by atoms with E-state index in [1.54, 1.807) is 63.2 Å². The average molecular weight is 469 g/mol. The van der Waals surface area contributed by atoms with E-state index in [0.717, 1.165) is 0 Å². The fourth-order valence-corrected chi connectivity index (χ4v) is 4.59. The molecule has 0 amide bonds. The van der Waals surface area contributed by atoms with Crippen LogP contribution in [0.4, 0.5) is 0 Å². The van der Waals surface area contributed by atoms with E-state index in [-0.39, 0.29) is 16.3 Å². The molecule has 1 atom stereocenters. The number of benzene rings is 3. The molecule has 0 bridgehead atoms. The molecule has 3 aromatic rings. The minimum atomic E-state index is -1.32. The zero-order chi connectivity index (χ0) is 22.8. The maximum absolute atomic E-state index is 13.1. The van der Waals surface area contributed by atoms with Crippen molar-refractivity contribution in [3.8, 4) is 11.5 Å². The summed E-state index contributed by atoms with van der Waals surface area (Å²) in [5.41, 5.74) is 0.169. The molecule has 0 N–H and O–H groups in total. The zero-order valence-corrected chi connectivity index (χ0v) is 19.0. The first-order valence-electron chi connectivity index (χ1n) is 9.99. The second-order valence-corrected chi connectivity index (χ2v) is 9.50. The summed E-state index contributed by atoms with van der Waals surface area (Å²) < 4.78 is 17.8. The molecule has 2 aliphatic rings. The third-order valence-electron chi connectivity index (χ3n) is 5.40. The predicted octanol–water partition coefficient (Wildman–Crippen LogP) is 6.52. The Morgan fingerprint density at radius 3 is 2.44 bits per heavy atom. The molecule has 5 nitrogen and oxygen atoms in total. The normalized spacial score (nSPS) is 18.3. The van der Waals surface area contributed by atoms with Crippen LogP contribution in [0.25, 0.3) is 0 Å². The Hall–Kier alpha value is -3.02. The third kappa shape index (κ3) is 2.99. The van der Waals surface area contributed by atoms with Crippen molar-refractivity contribution in [2.75, 3.05) is 0 Å². The molecule has 7 heteroatoms. The van der Waals surface area contributed by atoms with E-state index in [2.05, 4.69) is 0 Å². The van der Waals surface area contributed by atoms with Crippen molar-refractivity contribution in [3.05, 3.63) is 92.5 Å². The lowest BCUT2D eigenvalue weighted by atomic mass is 9.77. The molecule has 162 valence electrons. The Morgan fingerprint density at radius 2 is 1.69 bits per heavy atom. The van der Waals surface area contributed by atoms with Crippen LogP contribution in [-0.4, -0.2) is 17.5 Å². The van der Waals surface area contributed by atoms with Gasteiger partial charge in [-0.25, -0.2) is 9.59 Å². The van der Waals surface area contributed by atoms with E-state index >= 15 is 0 Å². The van der Waals surface area contributed by atoms with Crippen LogP contribution in [-0.2, 0) is 15.1 Å². The minimum Gasteiger partial charge on any atom is -0.456 e. The Balaban J connectivity index is 1.84. The molecule has 1 unspecified atom stereocenters. The highest BCUT2D eigenvalue weighted by molar-refractivity contribution is 6.34. The van der Waals surface area contributed by atoms with E-state index in [0.29, 0.717) is 33.0 Å². The highest BCUT2D eigenvalue weighted by Gasteiger charge is 2.54. The van der Waals surface area contributed by atoms with Crippen LogP contribution in [0.2, 0.25) is 10.0 Å². The molecule has 3 aromatic carbocycles. The van der Waals surface area contributed by atoms with Gasteiger partial charge in [0.15, 0.2) is 11.4 Å². The second kappa shape index (κ2) is 6.99. The Morgan fingerprint density at radius 1 is 0.969 bits per heavy atom. The highest BCUT2D eigenvalue weighted by atomic mass is 35.5. The highest BCUT2D eigenvalue weighted by Crippen LogP contribution is 2.57. The lowest BCUT2D eigenvalue weighted by molar-refractivity contribution is 0.00656. The summed E-state index contributed by atoms with van der Waals surface area (Å²) in [6.45, 7) is 5.29. The Bertz CT molecular complexity index is 1310. The number of esters is 2. The first-order chi connectivity index (χ1) is 15.1. The molecule has 5 rings (SSSR count). The number of rotatable bonds is 1. The number of hydrogen-bond acceptors (Lipinski definition) is 5. The summed E-state index contributed by atoms with van der Waals surface area (Å²) in [5.74, 6) is -0.576. The second-order valence-electron chi connectivity index (χ2n) is 8.66. The van der Waals surface area contributed by atoms with Gasteiger partial charge in [-0.15, -0.1) is 0 Å². The molecule has 1 spiro atoms. The van der Waals surface area contributed by atoms with Gasteiger partial charge in [-0.1, -0.05) is 41.4 Å². The van der Waals surface area contributed by atoms with Gasteiger partial charge in [-0.2, -0.15) is 0 Å². The smallest absolute Gasteiger partial charge is 0.344 e. The van der Waals surface area contributed by atoms with Crippen molar-refractivity contribution in [3.63, 3.8) is 0 Å². The molecule has 0 saturated heterocycles. The summed E-state index contributed by atoms with van der Waals surface area (Å²) in [6.07, 6.45) is 0. The van der Waals surface area contributed by atoms with Gasteiger partial charge in [0.05, 0.1) is 10.6 Å². The summed E-state index contributed by atoms with van der Waals surface area (Å²) in [7, 11) is 0. The molecule has 32 heavy (non-hydrogen) atoms. The summed E-state index contributed by atoms with van der Waals surface area (Å²) in [6, 6.07) is 15.5. The van der Waals surface area contributed by atoms with Crippen LogP contribution in [0, 0.1) is 0 Å². The van der Waals surface area contributed by atoms with Crippen LogP contribution >= 0.6 is 23.2 Å². The SMILES string of the molecule is CC(C)(C)OC(=O)c1c(Cl)ccc2c1Oc1cc(Cl)ccc1C21OC(=O)c2ccccc21. The predicted molar refractivity (Wildman–Crippen MR) is 120 cm³/mol. The standard InChI is InChI=1S/C25H18Cl2O5/c1-24(2,3)31-23(29)20-18(27)11-10-17-21(20)30-19-12-13(26)8-9-16(19)25(17)15-7-5-4-6-14(15)22(28)32-25/h4-12H,1-3H3. The van der Waals surface area contributed by atoms with Crippen LogP contribution in [0.1, 0.15) is 58.2 Å². The first-order valence-corrected chi connectivity index (χ1v) is 10.7. The number of hydrogen-bond donors (Lipinski definition) is 0. The van der Waals surface area contributed by atoms with E-state index in [4.69, 9.17) is 37.4 Å². The quantitative estimate of drug-likeness (QED) is 0.380. The van der Waals surface area contributed by atoms with Gasteiger partial charge in [0, 0.05) is 21.7 Å². The van der Waals surface area contributed by atoms with Gasteiger partial charge >= 0.3 is 11.9 Å². The summed E-state index contributed by atoms with van der Waals surface area (Å²) in [4.78, 5) is 26.0. The van der Waals surface area contributed by atoms with Crippen LogP contribution in [0.3, 0.4) is 0 Å². The summed E-state index contributed by atoms with van der Waals surface area (Å²) in [5, 5.41) is 0.594. The Kier molecular flexibility index (Phi) is 4.56. The molecular formula is C25H18Cl2O5. The van der Waals surface area contributed by atoms with Crippen molar-refractivity contribution in [1.82, 2.24) is 0 Å². The summed E-state index contributed by atoms with van der Waals surface area (Å²) >= 11 is 12.7. The van der Waals surface area contributed by atoms with Gasteiger partial charge in [-0.3, -0.25) is 0 Å². The molecule has 0 radical (unpaired) electrons. The monoisotopic (exact) mass is 468 g/mol. The van der Waals surface area contributed by atoms with E-state index < -0.39 is 23.1 Å². The number of halogens is 2. The van der Waals surface area contributed by atoms with E-state index in [9.17, 15) is 9.59 Å². The fraction of sp³-hybridized carbons (Fsp3) is 0.200. The molecule has 0 saturated carbocycles. The van der Waals surface area contributed by atoms with E-state index in [1.165, 1.54) is 0 Å². The van der Waals surface area contributed by atoms with Crippen molar-refractivity contribution in [1.29, 1.82) is 0 Å². The molecule has 2 heterocycles. The number of ether oxygens (including phenoxy) is 3. The van der Waals surface area contributed by atoms with Gasteiger partial charge in [0.1, 0.15) is 16.9 Å². The lowest BCUT2D eigenvalue weighted by Crippen LogP contribution is -2.34. The third-order valence-corrected chi connectivity index (χ3v) is 5.95. The van der Waals surface area contributed by atoms with Crippen LogP contribution < -0.4 is 4.74 Å². The topological polar surface area (TPSA) is 61.8 Å². The van der Waals surface area contributed by atoms with Crippen LogP contribution in [0.5, 0.6) is 11.5 Å². The van der Waals surface area contributed by atoms with Crippen LogP contribution in [0.15, 0.2) is 54.6 Å². The number of carbonyl (C=O) groups is 2. The molecule has 0 fully saturated rings. The largest absolute Gasteiger partial charge is 0.456 e. The maximum atomic E-state index is 13.1. The van der Waals surface area contributed by atoms with Gasteiger partial charge in [-0.05, 0) is 57.2 Å². The fourth-order valence-electron chi connectivity index (χ4n) is 4.20. The Labute approximate surface area is 194 Å². The van der Waals surface area contributed by atoms with Crippen molar-refractivity contribution in [2.24, 2.45) is 0 Å². The molecular weight excluding hydrogens is 451 g/mol. The molecule has 0 aromatic heterocycles. The van der Waals surface area contributed by atoms with Gasteiger partial charge < -0.3 is 14.2 Å². The van der Waals surface area contributed by atoms with E-state index in [1.807, 2.05) is 12.1 Å².